The molecule has 1 atom stereocenters. The van der Waals surface area contributed by atoms with Crippen LogP contribution in [0.4, 0.5) is 0 Å². The summed E-state index contributed by atoms with van der Waals surface area (Å²) in [6.07, 6.45) is 1.77. The van der Waals surface area contributed by atoms with E-state index in [4.69, 9.17) is 16.7 Å². The van der Waals surface area contributed by atoms with E-state index in [1.54, 1.807) is 13.0 Å². The van der Waals surface area contributed by atoms with Gasteiger partial charge >= 0.3 is 5.97 Å². The van der Waals surface area contributed by atoms with Gasteiger partial charge in [-0.25, -0.2) is 0 Å². The Hall–Kier alpha value is -0.540. The van der Waals surface area contributed by atoms with Gasteiger partial charge in [0.25, 0.3) is 0 Å². The monoisotopic (exact) mass is 191 g/mol. The molecule has 0 aliphatic carbocycles. The lowest BCUT2D eigenvalue weighted by Crippen LogP contribution is -2.28. The van der Waals surface area contributed by atoms with E-state index in [2.05, 4.69) is 0 Å². The zero-order valence-corrected chi connectivity index (χ0v) is 8.08. The van der Waals surface area contributed by atoms with Crippen molar-refractivity contribution < 1.29 is 9.90 Å². The van der Waals surface area contributed by atoms with E-state index in [-0.39, 0.29) is 5.92 Å². The smallest absolute Gasteiger partial charge is 0.307 e. The molecule has 0 rings (SSSR count). The van der Waals surface area contributed by atoms with Gasteiger partial charge in [-0.15, -0.1) is 0 Å². The minimum absolute atomic E-state index is 0.335. The number of nitrogens with zero attached hydrogens (tertiary/aromatic N) is 1. The standard InChI is InChI=1S/C8H14ClNO2/c1-7(8(11)12)6-10(2)5-3-4-9/h3-4,7H,5-6H2,1-2H3,(H,11,12). The summed E-state index contributed by atoms with van der Waals surface area (Å²) in [5, 5.41) is 8.59. The van der Waals surface area contributed by atoms with Gasteiger partial charge in [0.15, 0.2) is 0 Å². The van der Waals surface area contributed by atoms with Crippen molar-refractivity contribution in [1.82, 2.24) is 4.90 Å². The highest BCUT2D eigenvalue weighted by Gasteiger charge is 2.12. The van der Waals surface area contributed by atoms with Crippen molar-refractivity contribution >= 4 is 17.6 Å². The Kier molecular flexibility index (Phi) is 5.76. The number of rotatable bonds is 5. The largest absolute Gasteiger partial charge is 0.481 e. The van der Waals surface area contributed by atoms with Crippen molar-refractivity contribution in [1.29, 1.82) is 0 Å². The van der Waals surface area contributed by atoms with E-state index in [1.165, 1.54) is 5.54 Å². The molecular weight excluding hydrogens is 178 g/mol. The van der Waals surface area contributed by atoms with Crippen LogP contribution in [0.25, 0.3) is 0 Å². The fourth-order valence-corrected chi connectivity index (χ4v) is 0.920. The van der Waals surface area contributed by atoms with Crippen LogP contribution in [0.3, 0.4) is 0 Å². The molecule has 70 valence electrons. The molecule has 0 aromatic carbocycles. The van der Waals surface area contributed by atoms with Gasteiger partial charge in [0.1, 0.15) is 0 Å². The molecule has 4 heteroatoms. The van der Waals surface area contributed by atoms with E-state index in [9.17, 15) is 4.79 Å². The van der Waals surface area contributed by atoms with Crippen molar-refractivity contribution in [2.45, 2.75) is 6.92 Å². The maximum absolute atomic E-state index is 10.4. The Balaban J connectivity index is 3.68. The molecule has 0 fully saturated rings. The number of hydrogen-bond donors (Lipinski definition) is 1. The number of carboxylic acid groups (broad SMARTS) is 1. The van der Waals surface area contributed by atoms with Crippen molar-refractivity contribution in [2.24, 2.45) is 5.92 Å². The lowest BCUT2D eigenvalue weighted by molar-refractivity contribution is -0.141. The van der Waals surface area contributed by atoms with Gasteiger partial charge in [0.05, 0.1) is 5.92 Å². The second-order valence-electron chi connectivity index (χ2n) is 2.82. The van der Waals surface area contributed by atoms with E-state index in [0.717, 1.165) is 0 Å². The molecule has 0 radical (unpaired) electrons. The van der Waals surface area contributed by atoms with Crippen LogP contribution in [0, 0.1) is 5.92 Å². The van der Waals surface area contributed by atoms with Crippen molar-refractivity contribution in [3.8, 4) is 0 Å². The maximum atomic E-state index is 10.4. The molecule has 0 saturated heterocycles. The fourth-order valence-electron chi connectivity index (χ4n) is 0.840. The number of hydrogen-bond acceptors (Lipinski definition) is 2. The van der Waals surface area contributed by atoms with E-state index < -0.39 is 5.97 Å². The van der Waals surface area contributed by atoms with Gasteiger partial charge in [0.2, 0.25) is 0 Å². The zero-order valence-electron chi connectivity index (χ0n) is 7.33. The van der Waals surface area contributed by atoms with Gasteiger partial charge in [-0.3, -0.25) is 4.79 Å². The highest BCUT2D eigenvalue weighted by Crippen LogP contribution is 1.97. The molecule has 12 heavy (non-hydrogen) atoms. The van der Waals surface area contributed by atoms with E-state index >= 15 is 0 Å². The first-order valence-electron chi connectivity index (χ1n) is 3.74. The number of likely N-dealkylation sites (N-methyl/N-ethyl adjacent to an activating group) is 1. The second-order valence-corrected chi connectivity index (χ2v) is 3.07. The molecular formula is C8H14ClNO2. The number of halogens is 1. The van der Waals surface area contributed by atoms with Gasteiger partial charge < -0.3 is 10.0 Å². The molecule has 1 N–H and O–H groups in total. The van der Waals surface area contributed by atoms with Crippen LogP contribution in [0.5, 0.6) is 0 Å². The molecule has 0 bridgehead atoms. The van der Waals surface area contributed by atoms with Gasteiger partial charge in [-0.05, 0) is 7.05 Å². The predicted molar refractivity (Wildman–Crippen MR) is 49.3 cm³/mol. The molecule has 0 aromatic heterocycles. The summed E-state index contributed by atoms with van der Waals surface area (Å²) >= 11 is 5.32. The molecule has 0 aliphatic rings. The zero-order chi connectivity index (χ0) is 9.56. The molecule has 0 spiro atoms. The highest BCUT2D eigenvalue weighted by molar-refractivity contribution is 6.25. The number of carboxylic acids is 1. The summed E-state index contributed by atoms with van der Waals surface area (Å²) in [7, 11) is 1.86. The SMILES string of the molecule is CC(CN(C)CC=CCl)C(=O)O. The Morgan fingerprint density at radius 3 is 2.75 bits per heavy atom. The van der Waals surface area contributed by atoms with Crippen molar-refractivity contribution in [3.05, 3.63) is 11.6 Å². The van der Waals surface area contributed by atoms with Crippen LogP contribution in [0.15, 0.2) is 11.6 Å². The van der Waals surface area contributed by atoms with Crippen LogP contribution in [0.1, 0.15) is 6.92 Å². The first kappa shape index (κ1) is 11.5. The van der Waals surface area contributed by atoms with Crippen molar-refractivity contribution in [2.75, 3.05) is 20.1 Å². The third-order valence-corrected chi connectivity index (χ3v) is 1.69. The first-order chi connectivity index (χ1) is 5.57. The third-order valence-electron chi connectivity index (χ3n) is 1.51. The van der Waals surface area contributed by atoms with Crippen LogP contribution < -0.4 is 0 Å². The van der Waals surface area contributed by atoms with Crippen LogP contribution in [-0.2, 0) is 4.79 Å². The summed E-state index contributed by atoms with van der Waals surface area (Å²) in [5.41, 5.74) is 1.43. The fraction of sp³-hybridized carbons (Fsp3) is 0.625. The van der Waals surface area contributed by atoms with Gasteiger partial charge in [0, 0.05) is 18.6 Å². The Labute approximate surface area is 77.6 Å². The lowest BCUT2D eigenvalue weighted by Gasteiger charge is -2.16. The molecule has 0 heterocycles. The van der Waals surface area contributed by atoms with E-state index in [1.807, 2.05) is 11.9 Å². The Morgan fingerprint density at radius 1 is 1.75 bits per heavy atom. The highest BCUT2D eigenvalue weighted by atomic mass is 35.5. The minimum atomic E-state index is -0.767. The normalized spacial score (nSPS) is 14.0. The summed E-state index contributed by atoms with van der Waals surface area (Å²) < 4.78 is 0. The Morgan fingerprint density at radius 2 is 2.33 bits per heavy atom. The quantitative estimate of drug-likeness (QED) is 0.714. The maximum Gasteiger partial charge on any atom is 0.307 e. The summed E-state index contributed by atoms with van der Waals surface area (Å²) in [5.74, 6) is -1.10. The average molecular weight is 192 g/mol. The Bertz CT molecular complexity index is 170. The summed E-state index contributed by atoms with van der Waals surface area (Å²) in [6.45, 7) is 2.90. The van der Waals surface area contributed by atoms with Crippen LogP contribution in [0.2, 0.25) is 0 Å². The summed E-state index contributed by atoms with van der Waals surface area (Å²) in [6, 6.07) is 0. The molecule has 0 aromatic rings. The second kappa shape index (κ2) is 6.03. The van der Waals surface area contributed by atoms with Crippen LogP contribution in [-0.4, -0.2) is 36.1 Å². The minimum Gasteiger partial charge on any atom is -0.481 e. The molecule has 0 amide bonds. The molecule has 0 aliphatic heterocycles. The molecule has 3 nitrogen and oxygen atoms in total. The average Bonchev–Trinajstić information content (AvgIpc) is 2.00. The molecule has 1 unspecified atom stereocenters. The lowest BCUT2D eigenvalue weighted by atomic mass is 10.2. The van der Waals surface area contributed by atoms with Gasteiger partial charge in [-0.1, -0.05) is 24.6 Å². The summed E-state index contributed by atoms with van der Waals surface area (Å²) in [4.78, 5) is 12.3. The predicted octanol–water partition coefficient (Wildman–Crippen LogP) is 1.39. The van der Waals surface area contributed by atoms with Crippen LogP contribution >= 0.6 is 11.6 Å². The van der Waals surface area contributed by atoms with Gasteiger partial charge in [-0.2, -0.15) is 0 Å². The number of aliphatic carboxylic acids is 1. The molecule has 0 saturated carbocycles. The van der Waals surface area contributed by atoms with E-state index in [0.29, 0.717) is 13.1 Å². The topological polar surface area (TPSA) is 40.5 Å². The first-order valence-corrected chi connectivity index (χ1v) is 4.18. The third kappa shape index (κ3) is 5.16. The van der Waals surface area contributed by atoms with Crippen molar-refractivity contribution in [3.63, 3.8) is 0 Å². The number of carbonyl (C=O) groups is 1.